The van der Waals surface area contributed by atoms with E-state index in [-0.39, 0.29) is 5.97 Å². The molecule has 2 aromatic carbocycles. The van der Waals surface area contributed by atoms with Crippen LogP contribution in [0.1, 0.15) is 35.6 Å². The number of hydrogen-bond donors (Lipinski definition) is 0. The molecule has 0 amide bonds. The van der Waals surface area contributed by atoms with E-state index in [9.17, 15) is 4.79 Å². The molecular formula is C23H24O3. The average Bonchev–Trinajstić information content (AvgIpc) is 3.06. The Balaban J connectivity index is 1.59. The van der Waals surface area contributed by atoms with Crippen LogP contribution in [0, 0.1) is 6.92 Å². The van der Waals surface area contributed by atoms with Gasteiger partial charge in [-0.15, -0.1) is 0 Å². The van der Waals surface area contributed by atoms with Gasteiger partial charge in [0.25, 0.3) is 0 Å². The summed E-state index contributed by atoms with van der Waals surface area (Å²) >= 11 is 0. The molecule has 0 saturated carbocycles. The quantitative estimate of drug-likeness (QED) is 0.402. The Hall–Kier alpha value is -2.81. The second-order valence-corrected chi connectivity index (χ2v) is 6.64. The molecule has 2 aromatic rings. The van der Waals surface area contributed by atoms with E-state index < -0.39 is 0 Å². The molecule has 0 fully saturated rings. The van der Waals surface area contributed by atoms with E-state index in [4.69, 9.17) is 9.47 Å². The first-order valence-electron chi connectivity index (χ1n) is 8.89. The zero-order valence-electron chi connectivity index (χ0n) is 15.4. The fraction of sp³-hybridized carbons (Fsp3) is 0.261. The number of aryl methyl sites for hydroxylation is 1. The van der Waals surface area contributed by atoms with E-state index >= 15 is 0 Å². The number of ether oxygens (including phenoxy) is 2. The SMILES string of the molecule is C=C(C)C(=O)OCCCOc1ccc(C)c(C2=Cc3ccccc3C2)c1. The minimum Gasteiger partial charge on any atom is -0.493 e. The fourth-order valence-electron chi connectivity index (χ4n) is 3.03. The van der Waals surface area contributed by atoms with Gasteiger partial charge in [0.15, 0.2) is 0 Å². The lowest BCUT2D eigenvalue weighted by molar-refractivity contribution is -0.139. The van der Waals surface area contributed by atoms with Gasteiger partial charge < -0.3 is 9.47 Å². The monoisotopic (exact) mass is 348 g/mol. The molecule has 0 atom stereocenters. The minimum atomic E-state index is -0.352. The van der Waals surface area contributed by atoms with Crippen LogP contribution in [0.2, 0.25) is 0 Å². The third-order valence-electron chi connectivity index (χ3n) is 4.46. The van der Waals surface area contributed by atoms with E-state index in [2.05, 4.69) is 56.0 Å². The van der Waals surface area contributed by atoms with E-state index in [1.807, 2.05) is 6.07 Å². The van der Waals surface area contributed by atoms with Crippen LogP contribution in [0.5, 0.6) is 5.75 Å². The Bertz CT molecular complexity index is 862. The van der Waals surface area contributed by atoms with E-state index in [0.29, 0.717) is 25.2 Å². The highest BCUT2D eigenvalue weighted by molar-refractivity contribution is 5.89. The van der Waals surface area contributed by atoms with Crippen molar-refractivity contribution >= 4 is 17.6 Å². The van der Waals surface area contributed by atoms with Gasteiger partial charge in [-0.2, -0.15) is 0 Å². The summed E-state index contributed by atoms with van der Waals surface area (Å²) in [6.45, 7) is 8.17. The molecular weight excluding hydrogens is 324 g/mol. The number of fused-ring (bicyclic) bond motifs is 1. The summed E-state index contributed by atoms with van der Waals surface area (Å²) in [5.41, 5.74) is 6.88. The minimum absolute atomic E-state index is 0.338. The molecule has 0 unspecified atom stereocenters. The summed E-state index contributed by atoms with van der Waals surface area (Å²) in [4.78, 5) is 11.3. The van der Waals surface area contributed by atoms with Gasteiger partial charge in [-0.3, -0.25) is 0 Å². The molecule has 3 rings (SSSR count). The van der Waals surface area contributed by atoms with Gasteiger partial charge in [0.1, 0.15) is 5.75 Å². The van der Waals surface area contributed by atoms with Crippen molar-refractivity contribution in [1.29, 1.82) is 0 Å². The Morgan fingerprint density at radius 2 is 1.96 bits per heavy atom. The first-order chi connectivity index (χ1) is 12.5. The van der Waals surface area contributed by atoms with Crippen LogP contribution in [-0.4, -0.2) is 19.2 Å². The van der Waals surface area contributed by atoms with Gasteiger partial charge in [0.2, 0.25) is 0 Å². The van der Waals surface area contributed by atoms with Crippen molar-refractivity contribution < 1.29 is 14.3 Å². The molecule has 0 heterocycles. The van der Waals surface area contributed by atoms with Crippen molar-refractivity contribution in [2.75, 3.05) is 13.2 Å². The Kier molecular flexibility index (Phi) is 5.57. The molecule has 0 saturated heterocycles. The maximum atomic E-state index is 11.3. The van der Waals surface area contributed by atoms with E-state index in [1.54, 1.807) is 6.92 Å². The number of allylic oxidation sites excluding steroid dienone is 1. The molecule has 134 valence electrons. The number of rotatable bonds is 7. The molecule has 3 heteroatoms. The van der Waals surface area contributed by atoms with Crippen molar-refractivity contribution in [3.63, 3.8) is 0 Å². The molecule has 26 heavy (non-hydrogen) atoms. The molecule has 0 aromatic heterocycles. The Morgan fingerprint density at radius 1 is 1.15 bits per heavy atom. The van der Waals surface area contributed by atoms with Crippen LogP contribution in [0.15, 0.2) is 54.6 Å². The van der Waals surface area contributed by atoms with Gasteiger partial charge in [-0.1, -0.05) is 43.0 Å². The van der Waals surface area contributed by atoms with Crippen LogP contribution in [0.25, 0.3) is 11.6 Å². The number of esters is 1. The van der Waals surface area contributed by atoms with Crippen LogP contribution in [-0.2, 0) is 16.0 Å². The van der Waals surface area contributed by atoms with Gasteiger partial charge in [-0.05, 0) is 60.2 Å². The molecule has 3 nitrogen and oxygen atoms in total. The second kappa shape index (κ2) is 8.05. The molecule has 1 aliphatic rings. The van der Waals surface area contributed by atoms with Gasteiger partial charge in [0.05, 0.1) is 13.2 Å². The molecule has 1 aliphatic carbocycles. The lowest BCUT2D eigenvalue weighted by Crippen LogP contribution is -2.09. The smallest absolute Gasteiger partial charge is 0.333 e. The highest BCUT2D eigenvalue weighted by atomic mass is 16.5. The standard InChI is InChI=1S/C23H24O3/c1-16(2)23(24)26-12-6-11-25-21-10-9-17(3)22(15-21)20-13-18-7-4-5-8-19(18)14-20/h4-5,7-10,13,15H,1,6,11-12,14H2,2-3H3. The maximum absolute atomic E-state index is 11.3. The van der Waals surface area contributed by atoms with E-state index in [0.717, 1.165) is 12.2 Å². The van der Waals surface area contributed by atoms with E-state index in [1.165, 1.54) is 27.8 Å². The first kappa shape index (κ1) is 18.0. The van der Waals surface area contributed by atoms with Gasteiger partial charge in [0, 0.05) is 12.0 Å². The number of benzene rings is 2. The summed E-state index contributed by atoms with van der Waals surface area (Å²) in [5.74, 6) is 0.490. The van der Waals surface area contributed by atoms with Gasteiger partial charge >= 0.3 is 5.97 Å². The van der Waals surface area contributed by atoms with Crippen LogP contribution < -0.4 is 4.74 Å². The predicted octanol–water partition coefficient (Wildman–Crippen LogP) is 4.98. The highest BCUT2D eigenvalue weighted by Crippen LogP contribution is 2.34. The molecule has 0 N–H and O–H groups in total. The Morgan fingerprint density at radius 3 is 2.73 bits per heavy atom. The Labute approximate surface area is 155 Å². The molecule has 0 radical (unpaired) electrons. The van der Waals surface area contributed by atoms with Crippen molar-refractivity contribution in [2.45, 2.75) is 26.7 Å². The van der Waals surface area contributed by atoms with Crippen LogP contribution in [0.4, 0.5) is 0 Å². The normalized spacial score (nSPS) is 12.3. The summed E-state index contributed by atoms with van der Waals surface area (Å²) in [6, 6.07) is 14.7. The van der Waals surface area contributed by atoms with Crippen molar-refractivity contribution in [3.05, 3.63) is 76.9 Å². The van der Waals surface area contributed by atoms with Crippen molar-refractivity contribution in [1.82, 2.24) is 0 Å². The summed E-state index contributed by atoms with van der Waals surface area (Å²) < 4.78 is 10.9. The summed E-state index contributed by atoms with van der Waals surface area (Å²) in [5, 5.41) is 0. The zero-order chi connectivity index (χ0) is 18.5. The fourth-order valence-corrected chi connectivity index (χ4v) is 3.03. The third-order valence-corrected chi connectivity index (χ3v) is 4.46. The first-order valence-corrected chi connectivity index (χ1v) is 8.89. The number of hydrogen-bond acceptors (Lipinski definition) is 3. The average molecular weight is 348 g/mol. The second-order valence-electron chi connectivity index (χ2n) is 6.64. The lowest BCUT2D eigenvalue weighted by Gasteiger charge is -2.12. The molecule has 0 spiro atoms. The topological polar surface area (TPSA) is 35.5 Å². The van der Waals surface area contributed by atoms with Gasteiger partial charge in [-0.25, -0.2) is 4.79 Å². The summed E-state index contributed by atoms with van der Waals surface area (Å²) in [6.07, 6.45) is 3.87. The van der Waals surface area contributed by atoms with Crippen LogP contribution in [0.3, 0.4) is 0 Å². The predicted molar refractivity (Wildman–Crippen MR) is 105 cm³/mol. The van der Waals surface area contributed by atoms with Crippen molar-refractivity contribution in [3.8, 4) is 5.75 Å². The largest absolute Gasteiger partial charge is 0.493 e. The molecule has 0 bridgehead atoms. The molecule has 0 aliphatic heterocycles. The maximum Gasteiger partial charge on any atom is 0.333 e. The number of carbonyl (C=O) groups excluding carboxylic acids is 1. The number of carbonyl (C=O) groups is 1. The van der Waals surface area contributed by atoms with Crippen molar-refractivity contribution in [2.24, 2.45) is 0 Å². The van der Waals surface area contributed by atoms with Crippen LogP contribution >= 0.6 is 0 Å². The highest BCUT2D eigenvalue weighted by Gasteiger charge is 2.15. The summed E-state index contributed by atoms with van der Waals surface area (Å²) in [7, 11) is 0. The zero-order valence-corrected chi connectivity index (χ0v) is 15.4. The lowest BCUT2D eigenvalue weighted by atomic mass is 9.99. The third kappa shape index (κ3) is 4.23.